The molecule has 0 unspecified atom stereocenters. The van der Waals surface area contributed by atoms with Gasteiger partial charge in [-0.05, 0) is 12.1 Å². The zero-order chi connectivity index (χ0) is 13.7. The second kappa shape index (κ2) is 6.29. The number of nitrogens with two attached hydrogens (primary N) is 1. The van der Waals surface area contributed by atoms with E-state index in [1.54, 1.807) is 6.07 Å². The first-order valence-corrected chi connectivity index (χ1v) is 7.76. The van der Waals surface area contributed by atoms with Crippen molar-refractivity contribution in [1.82, 2.24) is 15.2 Å². The van der Waals surface area contributed by atoms with Crippen LogP contribution in [0.2, 0.25) is 0 Å². The van der Waals surface area contributed by atoms with E-state index in [0.29, 0.717) is 5.82 Å². The first-order valence-electron chi connectivity index (χ1n) is 6.21. The number of anilines is 1. The molecule has 0 saturated carbocycles. The summed E-state index contributed by atoms with van der Waals surface area (Å²) in [5.41, 5.74) is 0. The number of nitrogens with one attached hydrogen (secondary N) is 2. The van der Waals surface area contributed by atoms with Gasteiger partial charge in [0.25, 0.3) is 0 Å². The van der Waals surface area contributed by atoms with E-state index in [2.05, 4.69) is 20.5 Å². The van der Waals surface area contributed by atoms with Crippen molar-refractivity contribution in [3.63, 3.8) is 0 Å². The van der Waals surface area contributed by atoms with Gasteiger partial charge in [-0.25, -0.2) is 18.5 Å². The molecule has 0 aromatic carbocycles. The highest BCUT2D eigenvalue weighted by molar-refractivity contribution is 7.89. The van der Waals surface area contributed by atoms with Gasteiger partial charge in [0.2, 0.25) is 10.0 Å². The Hall–Kier alpha value is -1.22. The Labute approximate surface area is 113 Å². The highest BCUT2D eigenvalue weighted by Crippen LogP contribution is 2.08. The number of pyridine rings is 1. The Morgan fingerprint density at radius 3 is 2.68 bits per heavy atom. The number of nitrogens with zero attached hydrogens (tertiary/aromatic N) is 2. The first-order chi connectivity index (χ1) is 9.05. The topological polar surface area (TPSA) is 100 Å². The molecule has 7 nitrogen and oxygen atoms in total. The second-order valence-corrected chi connectivity index (χ2v) is 6.00. The lowest BCUT2D eigenvalue weighted by atomic mass is 10.3. The fourth-order valence-electron chi connectivity index (χ4n) is 1.93. The maximum Gasteiger partial charge on any atom is 0.239 e. The van der Waals surface area contributed by atoms with E-state index < -0.39 is 10.0 Å². The molecule has 8 heteroatoms. The lowest BCUT2D eigenvalue weighted by Gasteiger charge is -2.27. The zero-order valence-electron chi connectivity index (χ0n) is 10.7. The van der Waals surface area contributed by atoms with Crippen molar-refractivity contribution in [2.24, 2.45) is 5.14 Å². The minimum absolute atomic E-state index is 0.0279. The van der Waals surface area contributed by atoms with Crippen LogP contribution in [0, 0.1) is 0 Å². The van der Waals surface area contributed by atoms with Gasteiger partial charge in [0.1, 0.15) is 10.7 Å². The Bertz CT molecular complexity index is 496. The number of rotatable bonds is 5. The highest BCUT2D eigenvalue weighted by Gasteiger charge is 2.09. The van der Waals surface area contributed by atoms with E-state index in [0.717, 1.165) is 39.3 Å². The number of aromatic nitrogens is 1. The van der Waals surface area contributed by atoms with Gasteiger partial charge >= 0.3 is 0 Å². The lowest BCUT2D eigenvalue weighted by Crippen LogP contribution is -2.45. The van der Waals surface area contributed by atoms with Crippen molar-refractivity contribution < 1.29 is 8.42 Å². The maximum atomic E-state index is 11.1. The monoisotopic (exact) mass is 285 g/mol. The Morgan fingerprint density at radius 2 is 2.11 bits per heavy atom. The lowest BCUT2D eigenvalue weighted by molar-refractivity contribution is 0.249. The molecule has 0 spiro atoms. The summed E-state index contributed by atoms with van der Waals surface area (Å²) in [5, 5.41) is 11.5. The predicted molar refractivity (Wildman–Crippen MR) is 73.4 cm³/mol. The smallest absolute Gasteiger partial charge is 0.239 e. The van der Waals surface area contributed by atoms with Gasteiger partial charge in [-0.1, -0.05) is 0 Å². The molecule has 1 saturated heterocycles. The van der Waals surface area contributed by atoms with E-state index in [9.17, 15) is 8.42 Å². The minimum Gasteiger partial charge on any atom is -0.369 e. The van der Waals surface area contributed by atoms with E-state index in [4.69, 9.17) is 5.14 Å². The van der Waals surface area contributed by atoms with Crippen molar-refractivity contribution >= 4 is 15.8 Å². The number of hydrogen-bond acceptors (Lipinski definition) is 6. The Kier molecular flexibility index (Phi) is 4.70. The minimum atomic E-state index is -3.66. The molecule has 1 aliphatic heterocycles. The molecule has 2 rings (SSSR count). The quantitative estimate of drug-likeness (QED) is 0.645. The molecule has 1 fully saturated rings. The van der Waals surface area contributed by atoms with Gasteiger partial charge in [-0.2, -0.15) is 0 Å². The molecule has 0 amide bonds. The number of hydrogen-bond donors (Lipinski definition) is 3. The van der Waals surface area contributed by atoms with Crippen molar-refractivity contribution in [2.75, 3.05) is 44.6 Å². The zero-order valence-corrected chi connectivity index (χ0v) is 11.5. The largest absolute Gasteiger partial charge is 0.369 e. The van der Waals surface area contributed by atoms with Crippen LogP contribution in [0.25, 0.3) is 0 Å². The van der Waals surface area contributed by atoms with Crippen molar-refractivity contribution in [1.29, 1.82) is 0 Å². The molecule has 0 atom stereocenters. The second-order valence-electron chi connectivity index (χ2n) is 4.44. The summed E-state index contributed by atoms with van der Waals surface area (Å²) in [4.78, 5) is 6.42. The van der Waals surface area contributed by atoms with Crippen LogP contribution in [-0.4, -0.2) is 57.6 Å². The molecule has 1 aliphatic rings. The van der Waals surface area contributed by atoms with E-state index >= 15 is 0 Å². The van der Waals surface area contributed by atoms with E-state index in [1.807, 2.05) is 0 Å². The summed E-state index contributed by atoms with van der Waals surface area (Å²) >= 11 is 0. The summed E-state index contributed by atoms with van der Waals surface area (Å²) in [5.74, 6) is 0.655. The molecule has 0 radical (unpaired) electrons. The van der Waals surface area contributed by atoms with Crippen molar-refractivity contribution in [2.45, 2.75) is 4.90 Å². The van der Waals surface area contributed by atoms with Crippen LogP contribution < -0.4 is 15.8 Å². The highest BCUT2D eigenvalue weighted by atomic mass is 32.2. The summed E-state index contributed by atoms with van der Waals surface area (Å²) in [6.45, 7) is 5.89. The maximum absolute atomic E-state index is 11.1. The van der Waals surface area contributed by atoms with Crippen LogP contribution in [0.15, 0.2) is 23.2 Å². The number of sulfonamides is 1. The predicted octanol–water partition coefficient (Wildman–Crippen LogP) is -0.954. The van der Waals surface area contributed by atoms with Crippen LogP contribution in [0.1, 0.15) is 0 Å². The Morgan fingerprint density at radius 1 is 1.37 bits per heavy atom. The van der Waals surface area contributed by atoms with Gasteiger partial charge in [-0.15, -0.1) is 0 Å². The van der Waals surface area contributed by atoms with Gasteiger partial charge in [-0.3, -0.25) is 4.90 Å². The van der Waals surface area contributed by atoms with Crippen molar-refractivity contribution in [3.05, 3.63) is 18.3 Å². The summed E-state index contributed by atoms with van der Waals surface area (Å²) in [7, 11) is -3.66. The van der Waals surface area contributed by atoms with Crippen LogP contribution in [-0.2, 0) is 10.0 Å². The standard InChI is InChI=1S/C11H19N5O2S/c12-19(17,18)10-1-2-11(15-9-10)14-5-8-16-6-3-13-4-7-16/h1-2,9,13H,3-8H2,(H,14,15)(H2,12,17,18). The van der Waals surface area contributed by atoms with Crippen LogP contribution >= 0.6 is 0 Å². The molecular weight excluding hydrogens is 266 g/mol. The fourth-order valence-corrected chi connectivity index (χ4v) is 2.39. The van der Waals surface area contributed by atoms with Crippen LogP contribution in [0.3, 0.4) is 0 Å². The molecule has 106 valence electrons. The average Bonchev–Trinajstić information content (AvgIpc) is 2.39. The third kappa shape index (κ3) is 4.43. The van der Waals surface area contributed by atoms with Crippen LogP contribution in [0.4, 0.5) is 5.82 Å². The van der Waals surface area contributed by atoms with Crippen LogP contribution in [0.5, 0.6) is 0 Å². The summed E-state index contributed by atoms with van der Waals surface area (Å²) in [6, 6.07) is 3.08. The molecule has 0 aliphatic carbocycles. The first kappa shape index (κ1) is 14.2. The Balaban J connectivity index is 1.80. The normalized spacial score (nSPS) is 17.3. The van der Waals surface area contributed by atoms with Gasteiger partial charge in [0, 0.05) is 45.5 Å². The third-order valence-corrected chi connectivity index (χ3v) is 3.91. The molecule has 1 aromatic rings. The molecule has 4 N–H and O–H groups in total. The van der Waals surface area contributed by atoms with Gasteiger partial charge < -0.3 is 10.6 Å². The molecule has 1 aromatic heterocycles. The molecular formula is C11H19N5O2S. The van der Waals surface area contributed by atoms with Crippen molar-refractivity contribution in [3.8, 4) is 0 Å². The third-order valence-electron chi connectivity index (χ3n) is 3.01. The summed E-state index contributed by atoms with van der Waals surface area (Å²) in [6.07, 6.45) is 1.27. The number of piperazine rings is 1. The number of primary sulfonamides is 1. The fraction of sp³-hybridized carbons (Fsp3) is 0.545. The molecule has 0 bridgehead atoms. The molecule has 19 heavy (non-hydrogen) atoms. The van der Waals surface area contributed by atoms with E-state index in [1.165, 1.54) is 12.3 Å². The van der Waals surface area contributed by atoms with Gasteiger partial charge in [0.15, 0.2) is 0 Å². The van der Waals surface area contributed by atoms with Gasteiger partial charge in [0.05, 0.1) is 0 Å². The molecule has 2 heterocycles. The summed E-state index contributed by atoms with van der Waals surface area (Å²) < 4.78 is 22.1. The average molecular weight is 285 g/mol. The SMILES string of the molecule is NS(=O)(=O)c1ccc(NCCN2CCNCC2)nc1. The van der Waals surface area contributed by atoms with E-state index in [-0.39, 0.29) is 4.90 Å².